The lowest BCUT2D eigenvalue weighted by Gasteiger charge is -2.35. The molecule has 0 aliphatic carbocycles. The molecule has 0 unspecified atom stereocenters. The number of hydrogen-bond donors (Lipinski definition) is 1. The zero-order chi connectivity index (χ0) is 20.1. The maximum atomic E-state index is 12.3. The molecule has 0 aromatic heterocycles. The van der Waals surface area contributed by atoms with Crippen molar-refractivity contribution in [2.24, 2.45) is 0 Å². The van der Waals surface area contributed by atoms with Crippen molar-refractivity contribution < 1.29 is 19.4 Å². The minimum Gasteiger partial charge on any atom is -0.497 e. The van der Waals surface area contributed by atoms with E-state index < -0.39 is 11.7 Å². The molecule has 144 valence electrons. The number of thioether (sulfide) groups is 1. The van der Waals surface area contributed by atoms with Crippen LogP contribution in [0.3, 0.4) is 0 Å². The number of benzene rings is 2. The summed E-state index contributed by atoms with van der Waals surface area (Å²) in [6, 6.07) is 18.2. The monoisotopic (exact) mass is 396 g/mol. The average molecular weight is 396 g/mol. The number of methoxy groups -OCH3 is 1. The van der Waals surface area contributed by atoms with Gasteiger partial charge < -0.3 is 19.5 Å². The molecule has 28 heavy (non-hydrogen) atoms. The van der Waals surface area contributed by atoms with Crippen LogP contribution in [0, 0.1) is 11.3 Å². The third-order valence-electron chi connectivity index (χ3n) is 4.36. The summed E-state index contributed by atoms with van der Waals surface area (Å²) in [4.78, 5) is 14.0. The summed E-state index contributed by atoms with van der Waals surface area (Å²) < 4.78 is 10.3. The number of esters is 1. The Balaban J connectivity index is 2.18. The topological polar surface area (TPSA) is 82.8 Å². The molecule has 1 fully saturated rings. The molecule has 2 aromatic rings. The summed E-state index contributed by atoms with van der Waals surface area (Å²) in [5.74, 6) is 0.210. The van der Waals surface area contributed by atoms with Crippen LogP contribution in [0.5, 0.6) is 5.75 Å². The van der Waals surface area contributed by atoms with Crippen molar-refractivity contribution in [2.45, 2.75) is 12.6 Å². The first-order valence-electron chi connectivity index (χ1n) is 8.71. The van der Waals surface area contributed by atoms with E-state index in [2.05, 4.69) is 0 Å². The van der Waals surface area contributed by atoms with Gasteiger partial charge in [0.05, 0.1) is 19.5 Å². The summed E-state index contributed by atoms with van der Waals surface area (Å²) >= 11 is 1.24. The molecule has 3 rings (SSSR count). The summed E-state index contributed by atoms with van der Waals surface area (Å²) in [6.45, 7) is 1.84. The van der Waals surface area contributed by atoms with Gasteiger partial charge in [0.25, 0.3) is 0 Å². The van der Waals surface area contributed by atoms with Gasteiger partial charge in [0.1, 0.15) is 16.8 Å². The molecular weight excluding hydrogens is 376 g/mol. The number of aliphatic hydroxyl groups is 1. The van der Waals surface area contributed by atoms with Crippen molar-refractivity contribution in [1.29, 1.82) is 5.26 Å². The molecule has 0 bridgehead atoms. The van der Waals surface area contributed by atoms with Gasteiger partial charge in [0.2, 0.25) is 0 Å². The maximum absolute atomic E-state index is 12.3. The lowest BCUT2D eigenvalue weighted by molar-refractivity contribution is -0.138. The highest BCUT2D eigenvalue weighted by Crippen LogP contribution is 2.48. The Morgan fingerprint density at radius 1 is 1.25 bits per heavy atom. The highest BCUT2D eigenvalue weighted by atomic mass is 32.2. The molecule has 1 aliphatic rings. The van der Waals surface area contributed by atoms with E-state index in [9.17, 15) is 15.2 Å². The minimum absolute atomic E-state index is 0.130. The second kappa shape index (κ2) is 8.38. The van der Waals surface area contributed by atoms with E-state index in [1.807, 2.05) is 36.4 Å². The van der Waals surface area contributed by atoms with E-state index in [1.165, 1.54) is 11.8 Å². The number of carbonyl (C=O) groups excluding carboxylic acids is 1. The predicted octanol–water partition coefficient (Wildman–Crippen LogP) is 3.39. The normalized spacial score (nSPS) is 20.4. The Labute approximate surface area is 168 Å². The fraction of sp³-hybridized carbons (Fsp3) is 0.238. The Bertz CT molecular complexity index is 922. The van der Waals surface area contributed by atoms with Gasteiger partial charge in [-0.05, 0) is 31.2 Å². The molecule has 0 radical (unpaired) electrons. The van der Waals surface area contributed by atoms with Crippen molar-refractivity contribution in [2.75, 3.05) is 24.4 Å². The van der Waals surface area contributed by atoms with Gasteiger partial charge in [-0.2, -0.15) is 5.26 Å². The molecule has 0 amide bonds. The van der Waals surface area contributed by atoms with E-state index in [1.54, 1.807) is 43.2 Å². The Morgan fingerprint density at radius 2 is 1.93 bits per heavy atom. The highest BCUT2D eigenvalue weighted by molar-refractivity contribution is 8.03. The van der Waals surface area contributed by atoms with Crippen LogP contribution in [0.2, 0.25) is 0 Å². The first-order chi connectivity index (χ1) is 13.5. The number of anilines is 1. The van der Waals surface area contributed by atoms with Crippen molar-refractivity contribution in [3.05, 3.63) is 70.8 Å². The van der Waals surface area contributed by atoms with Crippen LogP contribution in [0.25, 0.3) is 0 Å². The van der Waals surface area contributed by atoms with Crippen LogP contribution in [-0.2, 0) is 15.3 Å². The molecule has 1 atom stereocenters. The number of nitrogens with zero attached hydrogens (tertiary/aromatic N) is 2. The van der Waals surface area contributed by atoms with E-state index >= 15 is 0 Å². The number of nitriles is 1. The van der Waals surface area contributed by atoms with Crippen LogP contribution in [0.4, 0.5) is 5.69 Å². The lowest BCUT2D eigenvalue weighted by atomic mass is 10.0. The first-order valence-corrected chi connectivity index (χ1v) is 9.70. The molecule has 2 aromatic carbocycles. The Hall–Kier alpha value is -2.95. The van der Waals surface area contributed by atoms with Crippen LogP contribution in [0.15, 0.2) is 65.2 Å². The second-order valence-corrected chi connectivity index (χ2v) is 6.98. The summed E-state index contributed by atoms with van der Waals surface area (Å²) in [6.07, 6.45) is 0. The first kappa shape index (κ1) is 19.8. The smallest absolute Gasteiger partial charge is 0.351 e. The molecule has 7 heteroatoms. The van der Waals surface area contributed by atoms with Crippen LogP contribution >= 0.6 is 11.8 Å². The standard InChI is InChI=1S/C21H20N2O4S/c1-3-27-20(24)18(13-22)19-23(16-9-11-17(26-2)12-10-16)21(25,14-28-19)15-7-5-4-6-8-15/h4-12,25H,3,14H2,1-2H3/b19-18-/t21-/m0/s1. The number of ether oxygens (including phenoxy) is 2. The molecule has 1 aliphatic heterocycles. The molecular formula is C21H20N2O4S. The zero-order valence-electron chi connectivity index (χ0n) is 15.6. The van der Waals surface area contributed by atoms with Gasteiger partial charge in [-0.3, -0.25) is 0 Å². The van der Waals surface area contributed by atoms with Gasteiger partial charge in [-0.25, -0.2) is 4.79 Å². The summed E-state index contributed by atoms with van der Waals surface area (Å²) in [5, 5.41) is 21.6. The molecule has 1 heterocycles. The molecule has 0 saturated carbocycles. The third kappa shape index (κ3) is 3.57. The lowest BCUT2D eigenvalue weighted by Crippen LogP contribution is -2.43. The van der Waals surface area contributed by atoms with Gasteiger partial charge in [0.15, 0.2) is 11.3 Å². The van der Waals surface area contributed by atoms with Gasteiger partial charge >= 0.3 is 5.97 Å². The van der Waals surface area contributed by atoms with Crippen molar-refractivity contribution in [1.82, 2.24) is 0 Å². The molecule has 1 saturated heterocycles. The van der Waals surface area contributed by atoms with E-state index in [-0.39, 0.29) is 17.9 Å². The number of rotatable bonds is 5. The fourth-order valence-electron chi connectivity index (χ4n) is 3.01. The summed E-state index contributed by atoms with van der Waals surface area (Å²) in [7, 11) is 1.57. The number of carbonyl (C=O) groups is 1. The molecule has 0 spiro atoms. The zero-order valence-corrected chi connectivity index (χ0v) is 16.4. The van der Waals surface area contributed by atoms with Crippen LogP contribution in [-0.4, -0.2) is 30.5 Å². The quantitative estimate of drug-likeness (QED) is 0.471. The van der Waals surface area contributed by atoms with Gasteiger partial charge in [-0.15, -0.1) is 11.8 Å². The fourth-order valence-corrected chi connectivity index (χ4v) is 4.31. The largest absolute Gasteiger partial charge is 0.497 e. The third-order valence-corrected chi connectivity index (χ3v) is 5.56. The molecule has 1 N–H and O–H groups in total. The minimum atomic E-state index is -1.43. The van der Waals surface area contributed by atoms with Crippen molar-refractivity contribution in [3.8, 4) is 11.8 Å². The van der Waals surface area contributed by atoms with Crippen LogP contribution < -0.4 is 9.64 Å². The van der Waals surface area contributed by atoms with E-state index in [4.69, 9.17) is 9.47 Å². The van der Waals surface area contributed by atoms with Crippen molar-refractivity contribution in [3.63, 3.8) is 0 Å². The van der Waals surface area contributed by atoms with Crippen molar-refractivity contribution >= 4 is 23.4 Å². The molecule has 6 nitrogen and oxygen atoms in total. The Kier molecular flexibility index (Phi) is 5.93. The SMILES string of the molecule is CCOC(=O)/C(C#N)=C1\SC[C@](O)(c2ccccc2)N1c1ccc(OC)cc1. The highest BCUT2D eigenvalue weighted by Gasteiger charge is 2.46. The van der Waals surface area contributed by atoms with E-state index in [0.29, 0.717) is 22.0 Å². The number of hydrogen-bond acceptors (Lipinski definition) is 7. The van der Waals surface area contributed by atoms with E-state index in [0.717, 1.165) is 0 Å². The summed E-state index contributed by atoms with van der Waals surface area (Å²) in [5.41, 5.74) is -0.266. The predicted molar refractivity (Wildman–Crippen MR) is 108 cm³/mol. The second-order valence-electron chi connectivity index (χ2n) is 6.02. The average Bonchev–Trinajstić information content (AvgIpc) is 3.08. The van der Waals surface area contributed by atoms with Crippen LogP contribution in [0.1, 0.15) is 12.5 Å². The maximum Gasteiger partial charge on any atom is 0.351 e. The van der Waals surface area contributed by atoms with Gasteiger partial charge in [0, 0.05) is 11.3 Å². The van der Waals surface area contributed by atoms with Gasteiger partial charge in [-0.1, -0.05) is 30.3 Å². The Morgan fingerprint density at radius 3 is 2.50 bits per heavy atom.